The molecule has 110 valence electrons. The zero-order valence-electron chi connectivity index (χ0n) is 12.6. The van der Waals surface area contributed by atoms with Gasteiger partial charge in [-0.1, -0.05) is 36.4 Å². The summed E-state index contributed by atoms with van der Waals surface area (Å²) in [6.45, 7) is 0. The fourth-order valence-electron chi connectivity index (χ4n) is 4.38. The van der Waals surface area contributed by atoms with Crippen molar-refractivity contribution in [3.05, 3.63) is 48.0 Å². The normalized spacial score (nSPS) is 30.7. The molecule has 4 rings (SSSR count). The Hall–Kier alpha value is -1.38. The van der Waals surface area contributed by atoms with Crippen LogP contribution in [0.3, 0.4) is 0 Å². The molecule has 2 heterocycles. The lowest BCUT2D eigenvalue weighted by Gasteiger charge is -2.38. The molecular weight excluding hydrogens is 258 g/mol. The third kappa shape index (κ3) is 2.27. The zero-order valence-corrected chi connectivity index (χ0v) is 12.6. The number of benzene rings is 2. The van der Waals surface area contributed by atoms with Gasteiger partial charge in [0.05, 0.1) is 6.10 Å². The summed E-state index contributed by atoms with van der Waals surface area (Å²) in [6.07, 6.45) is 4.58. The summed E-state index contributed by atoms with van der Waals surface area (Å²) in [5.74, 6) is 0.417. The van der Waals surface area contributed by atoms with E-state index in [0.29, 0.717) is 18.0 Å². The van der Waals surface area contributed by atoms with Crippen molar-refractivity contribution in [2.45, 2.75) is 43.9 Å². The van der Waals surface area contributed by atoms with E-state index in [9.17, 15) is 5.11 Å². The molecule has 2 aromatic rings. The lowest BCUT2D eigenvalue weighted by atomic mass is 9.83. The van der Waals surface area contributed by atoms with Crippen molar-refractivity contribution in [2.24, 2.45) is 5.92 Å². The molecule has 2 aliphatic rings. The summed E-state index contributed by atoms with van der Waals surface area (Å²) < 4.78 is 0. The second-order valence-electron chi connectivity index (χ2n) is 6.83. The summed E-state index contributed by atoms with van der Waals surface area (Å²) in [5, 5.41) is 13.3. The number of fused-ring (bicyclic) bond motifs is 3. The molecule has 2 bridgehead atoms. The van der Waals surface area contributed by atoms with Gasteiger partial charge >= 0.3 is 0 Å². The Balaban J connectivity index is 1.60. The van der Waals surface area contributed by atoms with Crippen molar-refractivity contribution in [2.75, 3.05) is 7.05 Å². The van der Waals surface area contributed by atoms with Gasteiger partial charge in [0.2, 0.25) is 0 Å². The average molecular weight is 281 g/mol. The first-order valence-electron chi connectivity index (χ1n) is 8.11. The van der Waals surface area contributed by atoms with E-state index in [1.54, 1.807) is 0 Å². The predicted molar refractivity (Wildman–Crippen MR) is 86.2 cm³/mol. The highest BCUT2D eigenvalue weighted by Gasteiger charge is 2.40. The Labute approximate surface area is 126 Å². The number of nitrogens with zero attached hydrogens (tertiary/aromatic N) is 1. The molecule has 0 spiro atoms. The van der Waals surface area contributed by atoms with Crippen LogP contribution in [-0.2, 0) is 0 Å². The minimum atomic E-state index is -0.314. The molecule has 3 atom stereocenters. The van der Waals surface area contributed by atoms with Crippen LogP contribution in [0.5, 0.6) is 0 Å². The third-order valence-electron chi connectivity index (χ3n) is 5.70. The molecule has 1 N–H and O–H groups in total. The Morgan fingerprint density at radius 1 is 1.00 bits per heavy atom. The highest BCUT2D eigenvalue weighted by molar-refractivity contribution is 5.83. The van der Waals surface area contributed by atoms with E-state index in [-0.39, 0.29) is 6.10 Å². The van der Waals surface area contributed by atoms with Gasteiger partial charge in [0.15, 0.2) is 0 Å². The van der Waals surface area contributed by atoms with Crippen LogP contribution < -0.4 is 0 Å². The lowest BCUT2D eigenvalue weighted by molar-refractivity contribution is 0.0357. The fraction of sp³-hybridized carbons (Fsp3) is 0.474. The standard InChI is InChI=1S/C19H23NO/c1-20-17-8-9-18(20)12-16(11-17)19(21)15-7-6-13-4-2-3-5-14(13)10-15/h2-7,10,16-19,21H,8-9,11-12H2,1H3. The van der Waals surface area contributed by atoms with Gasteiger partial charge < -0.3 is 10.0 Å². The largest absolute Gasteiger partial charge is 0.388 e. The first-order valence-corrected chi connectivity index (χ1v) is 8.11. The maximum Gasteiger partial charge on any atom is 0.0819 e. The highest BCUT2D eigenvalue weighted by atomic mass is 16.3. The minimum Gasteiger partial charge on any atom is -0.388 e. The molecule has 0 amide bonds. The molecule has 2 aromatic carbocycles. The third-order valence-corrected chi connectivity index (χ3v) is 5.70. The molecule has 0 saturated carbocycles. The van der Waals surface area contributed by atoms with Crippen molar-refractivity contribution < 1.29 is 5.11 Å². The van der Waals surface area contributed by atoms with Gasteiger partial charge in [-0.3, -0.25) is 0 Å². The van der Waals surface area contributed by atoms with Gasteiger partial charge in [0, 0.05) is 12.1 Å². The van der Waals surface area contributed by atoms with E-state index >= 15 is 0 Å². The minimum absolute atomic E-state index is 0.314. The van der Waals surface area contributed by atoms with Crippen molar-refractivity contribution in [1.29, 1.82) is 0 Å². The molecule has 0 aromatic heterocycles. The average Bonchev–Trinajstić information content (AvgIpc) is 2.75. The van der Waals surface area contributed by atoms with E-state index in [0.717, 1.165) is 18.4 Å². The predicted octanol–water partition coefficient (Wildman–Crippen LogP) is 3.75. The maximum absolute atomic E-state index is 10.8. The molecule has 2 saturated heterocycles. The lowest BCUT2D eigenvalue weighted by Crippen LogP contribution is -2.41. The van der Waals surface area contributed by atoms with Crippen LogP contribution in [0, 0.1) is 5.92 Å². The van der Waals surface area contributed by atoms with Gasteiger partial charge in [0.25, 0.3) is 0 Å². The number of hydrogen-bond donors (Lipinski definition) is 1. The van der Waals surface area contributed by atoms with Crippen LogP contribution in [0.4, 0.5) is 0 Å². The molecule has 3 unspecified atom stereocenters. The molecule has 2 fully saturated rings. The van der Waals surface area contributed by atoms with E-state index in [2.05, 4.69) is 54.4 Å². The number of aliphatic hydroxyl groups excluding tert-OH is 1. The van der Waals surface area contributed by atoms with Gasteiger partial charge in [-0.2, -0.15) is 0 Å². The van der Waals surface area contributed by atoms with Gasteiger partial charge in [-0.25, -0.2) is 0 Å². The van der Waals surface area contributed by atoms with Crippen LogP contribution in [0.2, 0.25) is 0 Å². The fourth-order valence-corrected chi connectivity index (χ4v) is 4.38. The van der Waals surface area contributed by atoms with Crippen LogP contribution >= 0.6 is 0 Å². The number of rotatable bonds is 2. The molecule has 0 aliphatic carbocycles. The summed E-state index contributed by atoms with van der Waals surface area (Å²) >= 11 is 0. The Morgan fingerprint density at radius 2 is 1.67 bits per heavy atom. The smallest absolute Gasteiger partial charge is 0.0819 e. The first-order chi connectivity index (χ1) is 10.2. The van der Waals surface area contributed by atoms with E-state index in [4.69, 9.17) is 0 Å². The van der Waals surface area contributed by atoms with Crippen molar-refractivity contribution in [1.82, 2.24) is 4.90 Å². The van der Waals surface area contributed by atoms with Crippen molar-refractivity contribution in [3.8, 4) is 0 Å². The SMILES string of the molecule is CN1C2CCC1CC(C(O)c1ccc3ccccc3c1)C2. The summed E-state index contributed by atoms with van der Waals surface area (Å²) in [6, 6.07) is 16.2. The molecule has 2 aliphatic heterocycles. The quantitative estimate of drug-likeness (QED) is 0.906. The zero-order chi connectivity index (χ0) is 14.4. The van der Waals surface area contributed by atoms with E-state index in [1.165, 1.54) is 23.6 Å². The van der Waals surface area contributed by atoms with E-state index in [1.807, 2.05) is 0 Å². The number of hydrogen-bond acceptors (Lipinski definition) is 2. The van der Waals surface area contributed by atoms with Gasteiger partial charge in [-0.05, 0) is 61.1 Å². The van der Waals surface area contributed by atoms with Gasteiger partial charge in [-0.15, -0.1) is 0 Å². The van der Waals surface area contributed by atoms with Crippen LogP contribution in [0.25, 0.3) is 10.8 Å². The topological polar surface area (TPSA) is 23.5 Å². The second-order valence-corrected chi connectivity index (χ2v) is 6.83. The maximum atomic E-state index is 10.8. The van der Waals surface area contributed by atoms with Crippen molar-refractivity contribution in [3.63, 3.8) is 0 Å². The Bertz CT molecular complexity index is 639. The van der Waals surface area contributed by atoms with E-state index < -0.39 is 0 Å². The first kappa shape index (κ1) is 13.3. The van der Waals surface area contributed by atoms with Gasteiger partial charge in [0.1, 0.15) is 0 Å². The van der Waals surface area contributed by atoms with Crippen LogP contribution in [-0.4, -0.2) is 29.1 Å². The Kier molecular flexibility index (Phi) is 3.24. The second kappa shape index (κ2) is 5.11. The van der Waals surface area contributed by atoms with Crippen LogP contribution in [0.1, 0.15) is 37.4 Å². The molecule has 2 nitrogen and oxygen atoms in total. The van der Waals surface area contributed by atoms with Crippen LogP contribution in [0.15, 0.2) is 42.5 Å². The number of aliphatic hydroxyl groups is 1. The molecule has 21 heavy (non-hydrogen) atoms. The molecular formula is C19H23NO. The molecule has 2 heteroatoms. The summed E-state index contributed by atoms with van der Waals surface area (Å²) in [4.78, 5) is 2.53. The Morgan fingerprint density at radius 3 is 2.38 bits per heavy atom. The highest BCUT2D eigenvalue weighted by Crippen LogP contribution is 2.42. The summed E-state index contributed by atoms with van der Waals surface area (Å²) in [7, 11) is 2.25. The molecule has 0 radical (unpaired) electrons. The summed E-state index contributed by atoms with van der Waals surface area (Å²) in [5.41, 5.74) is 1.09. The van der Waals surface area contributed by atoms with Crippen molar-refractivity contribution >= 4 is 10.8 Å². The number of piperidine rings is 1. The monoisotopic (exact) mass is 281 g/mol.